The van der Waals surface area contributed by atoms with Crippen LogP contribution in [0.15, 0.2) is 30.3 Å². The van der Waals surface area contributed by atoms with Gasteiger partial charge in [-0.05, 0) is 0 Å². The van der Waals surface area contributed by atoms with Crippen molar-refractivity contribution >= 4 is 19.4 Å². The fourth-order valence-corrected chi connectivity index (χ4v) is 4.74. The number of ether oxygens (including phenoxy) is 1. The average Bonchev–Trinajstić information content (AvgIpc) is 2.60. The maximum absolute atomic E-state index is 13.5. The molecule has 27 heavy (non-hydrogen) atoms. The van der Waals surface area contributed by atoms with Crippen molar-refractivity contribution in [1.29, 1.82) is 0 Å². The number of fused-ring (bicyclic) bond motifs is 1. The Morgan fingerprint density at radius 2 is 1.74 bits per heavy atom. The standard InChI is InChI=1S/C23H24F2OSe/c1-6-27-16-12-17-21(23(4,5)10-9-22(17,2)3)20(13-16)26-14-15-7-8-18(24)19(25)11-15/h1,7-8,11-13H,9-10,14H2,2-5H3. The Morgan fingerprint density at radius 3 is 2.41 bits per heavy atom. The van der Waals surface area contributed by atoms with E-state index in [9.17, 15) is 8.78 Å². The van der Waals surface area contributed by atoms with Crippen LogP contribution < -0.4 is 9.20 Å². The minimum absolute atomic E-state index is 0.0180. The molecule has 0 bridgehead atoms. The number of benzene rings is 2. The Balaban J connectivity index is 2.04. The van der Waals surface area contributed by atoms with Gasteiger partial charge in [0.2, 0.25) is 0 Å². The molecule has 0 aliphatic heterocycles. The van der Waals surface area contributed by atoms with Gasteiger partial charge in [0.15, 0.2) is 0 Å². The van der Waals surface area contributed by atoms with Crippen molar-refractivity contribution in [2.45, 2.75) is 58.0 Å². The molecule has 0 atom stereocenters. The van der Waals surface area contributed by atoms with E-state index in [4.69, 9.17) is 11.2 Å². The quantitative estimate of drug-likeness (QED) is 0.497. The van der Waals surface area contributed by atoms with E-state index in [1.165, 1.54) is 17.2 Å². The molecule has 4 heteroatoms. The van der Waals surface area contributed by atoms with Crippen LogP contribution in [0, 0.1) is 22.9 Å². The summed E-state index contributed by atoms with van der Waals surface area (Å²) in [6, 6.07) is 8.14. The van der Waals surface area contributed by atoms with E-state index in [1.807, 2.05) is 6.07 Å². The molecule has 0 spiro atoms. The molecule has 1 aliphatic rings. The Bertz CT molecular complexity index is 909. The molecule has 142 valence electrons. The van der Waals surface area contributed by atoms with Gasteiger partial charge >= 0.3 is 167 Å². The molecule has 1 nitrogen and oxygen atoms in total. The average molecular weight is 433 g/mol. The summed E-state index contributed by atoms with van der Waals surface area (Å²) in [5, 5.41) is 0. The van der Waals surface area contributed by atoms with Gasteiger partial charge in [-0.25, -0.2) is 0 Å². The number of rotatable bonds is 4. The first-order chi connectivity index (χ1) is 12.6. The SMILES string of the molecule is C#C[Se]c1cc(OCc2ccc(F)c(F)c2)c2c(c1)C(C)(C)CCC2(C)C. The molecular formula is C23H24F2OSe. The summed E-state index contributed by atoms with van der Waals surface area (Å²) in [6.07, 6.45) is 7.73. The molecule has 0 aromatic heterocycles. The molecule has 2 aromatic rings. The molecule has 0 amide bonds. The topological polar surface area (TPSA) is 9.23 Å². The van der Waals surface area contributed by atoms with E-state index < -0.39 is 11.6 Å². The van der Waals surface area contributed by atoms with Crippen LogP contribution in [0.1, 0.15) is 57.2 Å². The zero-order valence-corrected chi connectivity index (χ0v) is 17.9. The van der Waals surface area contributed by atoms with Crippen LogP contribution in [-0.4, -0.2) is 15.0 Å². The molecule has 2 aromatic carbocycles. The zero-order chi connectivity index (χ0) is 19.8. The summed E-state index contributed by atoms with van der Waals surface area (Å²) in [7, 11) is 0. The summed E-state index contributed by atoms with van der Waals surface area (Å²) in [6.45, 7) is 9.17. The minimum atomic E-state index is -0.857. The Kier molecular flexibility index (Phi) is 5.39. The van der Waals surface area contributed by atoms with Crippen LogP contribution in [0.4, 0.5) is 8.78 Å². The molecule has 0 radical (unpaired) electrons. The third-order valence-electron chi connectivity index (χ3n) is 5.41. The van der Waals surface area contributed by atoms with Gasteiger partial charge < -0.3 is 0 Å². The first-order valence-electron chi connectivity index (χ1n) is 9.02. The summed E-state index contributed by atoms with van der Waals surface area (Å²) >= 11 is -0.0627. The van der Waals surface area contributed by atoms with Crippen molar-refractivity contribution in [3.05, 3.63) is 58.7 Å². The summed E-state index contributed by atoms with van der Waals surface area (Å²) in [5.74, 6) is -0.899. The van der Waals surface area contributed by atoms with E-state index in [2.05, 4.69) is 38.6 Å². The summed E-state index contributed by atoms with van der Waals surface area (Å²) in [4.78, 5) is 2.77. The predicted octanol–water partition coefficient (Wildman–Crippen LogP) is 4.81. The van der Waals surface area contributed by atoms with Crippen LogP contribution in [0.3, 0.4) is 0 Å². The van der Waals surface area contributed by atoms with Crippen molar-refractivity contribution < 1.29 is 13.5 Å². The molecule has 0 saturated heterocycles. The Hall–Kier alpha value is -1.82. The van der Waals surface area contributed by atoms with E-state index in [-0.39, 0.29) is 32.4 Å². The summed E-state index contributed by atoms with van der Waals surface area (Å²) < 4.78 is 34.0. The number of halogens is 2. The normalized spacial score (nSPS) is 17.1. The van der Waals surface area contributed by atoms with Crippen molar-refractivity contribution in [3.63, 3.8) is 0 Å². The van der Waals surface area contributed by atoms with Gasteiger partial charge in [-0.1, -0.05) is 0 Å². The van der Waals surface area contributed by atoms with Gasteiger partial charge in [-0.15, -0.1) is 0 Å². The van der Waals surface area contributed by atoms with Crippen molar-refractivity contribution in [2.75, 3.05) is 0 Å². The number of hydrogen-bond donors (Lipinski definition) is 0. The van der Waals surface area contributed by atoms with Crippen LogP contribution in [0.2, 0.25) is 0 Å². The molecule has 0 fully saturated rings. The molecule has 0 saturated carbocycles. The Labute approximate surface area is 166 Å². The van der Waals surface area contributed by atoms with E-state index in [1.54, 1.807) is 6.07 Å². The van der Waals surface area contributed by atoms with Gasteiger partial charge in [0.1, 0.15) is 0 Å². The molecule has 0 N–H and O–H groups in total. The first kappa shape index (κ1) is 19.9. The second kappa shape index (κ2) is 7.30. The van der Waals surface area contributed by atoms with Crippen molar-refractivity contribution in [2.24, 2.45) is 0 Å². The third kappa shape index (κ3) is 4.05. The number of hydrogen-bond acceptors (Lipinski definition) is 1. The van der Waals surface area contributed by atoms with Crippen LogP contribution in [0.25, 0.3) is 0 Å². The molecule has 0 unspecified atom stereocenters. The molecule has 0 heterocycles. The second-order valence-corrected chi connectivity index (χ2v) is 10.3. The fourth-order valence-electron chi connectivity index (χ4n) is 3.74. The first-order valence-corrected chi connectivity index (χ1v) is 10.7. The number of terminal acetylenes is 1. The van der Waals surface area contributed by atoms with Crippen LogP contribution >= 0.6 is 0 Å². The molecular weight excluding hydrogens is 409 g/mol. The van der Waals surface area contributed by atoms with E-state index >= 15 is 0 Å². The zero-order valence-electron chi connectivity index (χ0n) is 16.2. The van der Waals surface area contributed by atoms with Gasteiger partial charge in [0, 0.05) is 0 Å². The fraction of sp³-hybridized carbons (Fsp3) is 0.391. The van der Waals surface area contributed by atoms with E-state index in [0.29, 0.717) is 5.56 Å². The molecule has 1 aliphatic carbocycles. The van der Waals surface area contributed by atoms with Gasteiger partial charge in [-0.2, -0.15) is 0 Å². The summed E-state index contributed by atoms with van der Waals surface area (Å²) in [5.41, 5.74) is 3.12. The Morgan fingerprint density at radius 1 is 1.04 bits per heavy atom. The van der Waals surface area contributed by atoms with Gasteiger partial charge in [0.25, 0.3) is 0 Å². The van der Waals surface area contributed by atoms with E-state index in [0.717, 1.165) is 29.1 Å². The third-order valence-corrected chi connectivity index (χ3v) is 6.65. The van der Waals surface area contributed by atoms with Crippen LogP contribution in [0.5, 0.6) is 5.75 Å². The van der Waals surface area contributed by atoms with Crippen molar-refractivity contribution in [1.82, 2.24) is 0 Å². The predicted molar refractivity (Wildman–Crippen MR) is 107 cm³/mol. The van der Waals surface area contributed by atoms with Crippen LogP contribution in [-0.2, 0) is 17.4 Å². The molecule has 3 rings (SSSR count). The van der Waals surface area contributed by atoms with Crippen molar-refractivity contribution in [3.8, 4) is 17.0 Å². The monoisotopic (exact) mass is 434 g/mol. The second-order valence-electron chi connectivity index (χ2n) is 8.37. The van der Waals surface area contributed by atoms with Gasteiger partial charge in [0.05, 0.1) is 0 Å². The maximum atomic E-state index is 13.5. The van der Waals surface area contributed by atoms with Gasteiger partial charge in [-0.3, -0.25) is 0 Å².